The number of imidazole rings is 1. The molecule has 0 saturated carbocycles. The molecule has 0 aliphatic heterocycles. The number of aryl methyl sites for hydroxylation is 1. The Morgan fingerprint density at radius 3 is 2.68 bits per heavy atom. The van der Waals surface area contributed by atoms with Crippen molar-refractivity contribution in [1.82, 2.24) is 9.55 Å². The maximum atomic E-state index is 13.4. The largest absolute Gasteiger partial charge is 0.496 e. The zero-order chi connectivity index (χ0) is 17.8. The number of fused-ring (bicyclic) bond motifs is 1. The van der Waals surface area contributed by atoms with Gasteiger partial charge in [0.15, 0.2) is 5.78 Å². The van der Waals surface area contributed by atoms with Crippen molar-refractivity contribution in [3.05, 3.63) is 47.0 Å². The third-order valence-electron chi connectivity index (χ3n) is 5.33. The minimum absolute atomic E-state index is 0.00248. The number of rotatable bonds is 7. The summed E-state index contributed by atoms with van der Waals surface area (Å²) in [5, 5.41) is 0. The van der Waals surface area contributed by atoms with E-state index in [-0.39, 0.29) is 11.7 Å². The molecule has 1 aliphatic rings. The third-order valence-corrected chi connectivity index (χ3v) is 5.33. The number of carbonyl (C=O) groups excluding carboxylic acids is 1. The van der Waals surface area contributed by atoms with Crippen LogP contribution in [0.15, 0.2) is 24.5 Å². The molecule has 1 aliphatic carbocycles. The van der Waals surface area contributed by atoms with Crippen molar-refractivity contribution in [2.45, 2.75) is 58.9 Å². The first-order valence-corrected chi connectivity index (χ1v) is 9.36. The number of hydrogen-bond acceptors (Lipinski definition) is 3. The summed E-state index contributed by atoms with van der Waals surface area (Å²) in [6.45, 7) is 4.84. The molecule has 25 heavy (non-hydrogen) atoms. The Morgan fingerprint density at radius 1 is 1.28 bits per heavy atom. The normalized spacial score (nSPS) is 14.8. The summed E-state index contributed by atoms with van der Waals surface area (Å²) < 4.78 is 7.62. The van der Waals surface area contributed by atoms with E-state index >= 15 is 0 Å². The Bertz CT molecular complexity index is 748. The van der Waals surface area contributed by atoms with Gasteiger partial charge in [0.1, 0.15) is 11.6 Å². The average Bonchev–Trinajstić information content (AvgIpc) is 3.04. The van der Waals surface area contributed by atoms with Gasteiger partial charge in [-0.25, -0.2) is 4.98 Å². The van der Waals surface area contributed by atoms with Gasteiger partial charge in [-0.15, -0.1) is 0 Å². The van der Waals surface area contributed by atoms with Gasteiger partial charge in [-0.2, -0.15) is 0 Å². The van der Waals surface area contributed by atoms with Crippen LogP contribution in [0, 0.1) is 12.8 Å². The summed E-state index contributed by atoms with van der Waals surface area (Å²) in [5.74, 6) is 2.17. The van der Waals surface area contributed by atoms with Crippen molar-refractivity contribution < 1.29 is 9.53 Å². The molecule has 0 N–H and O–H groups in total. The van der Waals surface area contributed by atoms with E-state index in [0.29, 0.717) is 6.54 Å². The standard InChI is InChI=1S/C21H28N2O2/c1-4-7-16(14-23-13-12-22-15(23)2)21(24)19-10-11-20(25-3)18-9-6-5-8-17(18)19/h10-13,16H,4-9,14H2,1-3H3. The average molecular weight is 340 g/mol. The second-order valence-electron chi connectivity index (χ2n) is 6.96. The summed E-state index contributed by atoms with van der Waals surface area (Å²) >= 11 is 0. The molecule has 0 saturated heterocycles. The predicted molar refractivity (Wildman–Crippen MR) is 99.3 cm³/mol. The van der Waals surface area contributed by atoms with Crippen molar-refractivity contribution in [3.8, 4) is 5.75 Å². The number of hydrogen-bond donors (Lipinski definition) is 0. The van der Waals surface area contributed by atoms with Crippen LogP contribution in [0.1, 0.15) is 59.9 Å². The van der Waals surface area contributed by atoms with Crippen molar-refractivity contribution >= 4 is 5.78 Å². The summed E-state index contributed by atoms with van der Waals surface area (Å²) in [6.07, 6.45) is 10.00. The van der Waals surface area contributed by atoms with Crippen LogP contribution in [0.2, 0.25) is 0 Å². The number of methoxy groups -OCH3 is 1. The molecule has 4 heteroatoms. The highest BCUT2D eigenvalue weighted by Crippen LogP contribution is 2.34. The van der Waals surface area contributed by atoms with Gasteiger partial charge in [-0.05, 0) is 62.3 Å². The molecule has 2 aromatic rings. The van der Waals surface area contributed by atoms with Crippen LogP contribution in [-0.4, -0.2) is 22.4 Å². The molecule has 134 valence electrons. The van der Waals surface area contributed by atoms with E-state index in [1.807, 2.05) is 25.3 Å². The van der Waals surface area contributed by atoms with Crippen LogP contribution in [0.5, 0.6) is 5.75 Å². The van der Waals surface area contributed by atoms with Crippen LogP contribution < -0.4 is 4.74 Å². The summed E-state index contributed by atoms with van der Waals surface area (Å²) in [5.41, 5.74) is 3.37. The quantitative estimate of drug-likeness (QED) is 0.703. The molecule has 1 aromatic carbocycles. The van der Waals surface area contributed by atoms with Gasteiger partial charge in [0, 0.05) is 30.4 Å². The van der Waals surface area contributed by atoms with E-state index in [1.54, 1.807) is 13.3 Å². The predicted octanol–water partition coefficient (Wildman–Crippen LogP) is 4.38. The first kappa shape index (κ1) is 17.7. The lowest BCUT2D eigenvalue weighted by molar-refractivity contribution is 0.0897. The smallest absolute Gasteiger partial charge is 0.168 e. The highest BCUT2D eigenvalue weighted by molar-refractivity contribution is 5.99. The van der Waals surface area contributed by atoms with Gasteiger partial charge in [-0.3, -0.25) is 4.79 Å². The molecule has 1 atom stereocenters. The Balaban J connectivity index is 1.93. The molecule has 3 rings (SSSR count). The number of aromatic nitrogens is 2. The Kier molecular flexibility index (Phi) is 5.57. The molecule has 0 bridgehead atoms. The van der Waals surface area contributed by atoms with Gasteiger partial charge in [0.2, 0.25) is 0 Å². The Labute approximate surface area is 150 Å². The van der Waals surface area contributed by atoms with Crippen LogP contribution in [0.3, 0.4) is 0 Å². The summed E-state index contributed by atoms with van der Waals surface area (Å²) in [7, 11) is 1.72. The lowest BCUT2D eigenvalue weighted by Gasteiger charge is -2.24. The van der Waals surface area contributed by atoms with E-state index < -0.39 is 0 Å². The summed E-state index contributed by atoms with van der Waals surface area (Å²) in [4.78, 5) is 17.7. The van der Waals surface area contributed by atoms with Crippen molar-refractivity contribution in [2.75, 3.05) is 7.11 Å². The van der Waals surface area contributed by atoms with Crippen molar-refractivity contribution in [1.29, 1.82) is 0 Å². The van der Waals surface area contributed by atoms with E-state index in [9.17, 15) is 4.79 Å². The fourth-order valence-corrected chi connectivity index (χ4v) is 3.96. The topological polar surface area (TPSA) is 44.1 Å². The molecular weight excluding hydrogens is 312 g/mol. The highest BCUT2D eigenvalue weighted by atomic mass is 16.5. The number of ketones is 1. The third kappa shape index (κ3) is 3.63. The first-order valence-electron chi connectivity index (χ1n) is 9.36. The second kappa shape index (κ2) is 7.85. The molecule has 0 amide bonds. The molecular formula is C21H28N2O2. The summed E-state index contributed by atoms with van der Waals surface area (Å²) in [6, 6.07) is 3.96. The maximum absolute atomic E-state index is 13.4. The van der Waals surface area contributed by atoms with Gasteiger partial charge >= 0.3 is 0 Å². The lowest BCUT2D eigenvalue weighted by Crippen LogP contribution is -2.23. The lowest BCUT2D eigenvalue weighted by atomic mass is 9.83. The van der Waals surface area contributed by atoms with E-state index in [2.05, 4.69) is 16.5 Å². The zero-order valence-electron chi connectivity index (χ0n) is 15.5. The fourth-order valence-electron chi connectivity index (χ4n) is 3.96. The van der Waals surface area contributed by atoms with Gasteiger partial charge in [0.25, 0.3) is 0 Å². The Hall–Kier alpha value is -2.10. The van der Waals surface area contributed by atoms with Crippen LogP contribution in [-0.2, 0) is 19.4 Å². The van der Waals surface area contributed by atoms with Gasteiger partial charge in [-0.1, -0.05) is 13.3 Å². The minimum atomic E-state index is -0.00248. The number of Topliss-reactive ketones (excluding diaryl/α,β-unsaturated/α-hetero) is 1. The molecule has 1 heterocycles. The molecule has 4 nitrogen and oxygen atoms in total. The molecule has 0 radical (unpaired) electrons. The van der Waals surface area contributed by atoms with Crippen LogP contribution in [0.4, 0.5) is 0 Å². The maximum Gasteiger partial charge on any atom is 0.168 e. The number of ether oxygens (including phenoxy) is 1. The van der Waals surface area contributed by atoms with Gasteiger partial charge in [0.05, 0.1) is 7.11 Å². The van der Waals surface area contributed by atoms with Gasteiger partial charge < -0.3 is 9.30 Å². The molecule has 1 unspecified atom stereocenters. The SMILES string of the molecule is CCCC(Cn1ccnc1C)C(=O)c1ccc(OC)c2c1CCCC2. The molecule has 0 fully saturated rings. The van der Waals surface area contributed by atoms with Crippen molar-refractivity contribution in [2.24, 2.45) is 5.92 Å². The number of carbonyl (C=O) groups is 1. The second-order valence-corrected chi connectivity index (χ2v) is 6.96. The molecule has 1 aromatic heterocycles. The fraction of sp³-hybridized carbons (Fsp3) is 0.524. The number of benzene rings is 1. The van der Waals surface area contributed by atoms with Crippen LogP contribution >= 0.6 is 0 Å². The molecule has 0 spiro atoms. The van der Waals surface area contributed by atoms with Crippen molar-refractivity contribution in [3.63, 3.8) is 0 Å². The van der Waals surface area contributed by atoms with Crippen LogP contribution in [0.25, 0.3) is 0 Å². The highest BCUT2D eigenvalue weighted by Gasteiger charge is 2.26. The van der Waals surface area contributed by atoms with E-state index in [4.69, 9.17) is 4.74 Å². The number of nitrogens with zero attached hydrogens (tertiary/aromatic N) is 2. The monoisotopic (exact) mass is 340 g/mol. The van der Waals surface area contributed by atoms with E-state index in [1.165, 1.54) is 17.5 Å². The first-order chi connectivity index (χ1) is 12.2. The Morgan fingerprint density at radius 2 is 2.04 bits per heavy atom. The zero-order valence-corrected chi connectivity index (χ0v) is 15.5. The minimum Gasteiger partial charge on any atom is -0.496 e. The van der Waals surface area contributed by atoms with E-state index in [0.717, 1.165) is 49.2 Å².